The smallest absolute Gasteiger partial charge is 0.308 e. The van der Waals surface area contributed by atoms with Crippen molar-refractivity contribution in [2.45, 2.75) is 64.6 Å². The average molecular weight is 576 g/mol. The van der Waals surface area contributed by atoms with Crippen LogP contribution in [0, 0.1) is 0 Å². The fraction of sp³-hybridized carbons (Fsp3) is 0.344. The molecule has 42 heavy (non-hydrogen) atoms. The van der Waals surface area contributed by atoms with Crippen LogP contribution >= 0.6 is 0 Å². The maximum absolute atomic E-state index is 13.5. The van der Waals surface area contributed by atoms with Crippen molar-refractivity contribution in [1.29, 1.82) is 0 Å². The summed E-state index contributed by atoms with van der Waals surface area (Å²) < 4.78 is 6.47. The van der Waals surface area contributed by atoms with Crippen LogP contribution in [0.5, 0.6) is 0 Å². The number of benzene rings is 2. The number of aliphatic hydroxyl groups is 1. The number of Topliss-reactive ketones (excluding diaryl/α,β-unsaturated/α-hetero) is 1. The van der Waals surface area contributed by atoms with E-state index in [1.165, 1.54) is 10.6 Å². The minimum Gasteiger partial charge on any atom is -0.460 e. The van der Waals surface area contributed by atoms with Gasteiger partial charge < -0.3 is 25.0 Å². The number of nitrogens with zero attached hydrogens (tertiary/aromatic N) is 1. The maximum Gasteiger partial charge on any atom is 0.308 e. The highest BCUT2D eigenvalue weighted by Gasteiger charge is 2.27. The van der Waals surface area contributed by atoms with Crippen LogP contribution in [-0.2, 0) is 43.3 Å². The van der Waals surface area contributed by atoms with Crippen molar-refractivity contribution < 1.29 is 29.0 Å². The van der Waals surface area contributed by atoms with E-state index in [-0.39, 0.29) is 18.0 Å². The van der Waals surface area contributed by atoms with Crippen LogP contribution in [0.1, 0.15) is 50.4 Å². The molecule has 222 valence electrons. The third-order valence-electron chi connectivity index (χ3n) is 6.22. The van der Waals surface area contributed by atoms with Crippen molar-refractivity contribution >= 4 is 29.3 Å². The first-order chi connectivity index (χ1) is 19.9. The highest BCUT2D eigenvalue weighted by molar-refractivity contribution is 5.93. The summed E-state index contributed by atoms with van der Waals surface area (Å²) in [7, 11) is 0. The van der Waals surface area contributed by atoms with Crippen LogP contribution in [0.25, 0.3) is 0 Å². The number of ether oxygens (including phenoxy) is 1. The summed E-state index contributed by atoms with van der Waals surface area (Å²) >= 11 is 0. The Bertz CT molecular complexity index is 1440. The molecule has 0 spiro atoms. The van der Waals surface area contributed by atoms with E-state index in [1.807, 2.05) is 60.7 Å². The molecule has 1 heterocycles. The minimum atomic E-state index is -1.34. The van der Waals surface area contributed by atoms with Gasteiger partial charge in [0, 0.05) is 18.5 Å². The normalized spacial score (nSPS) is 11.8. The summed E-state index contributed by atoms with van der Waals surface area (Å²) in [5.41, 5.74) is 0.987. The van der Waals surface area contributed by atoms with Gasteiger partial charge in [0.15, 0.2) is 5.78 Å². The molecule has 0 bridgehead atoms. The second-order valence-electron chi connectivity index (χ2n) is 10.9. The fourth-order valence-corrected chi connectivity index (χ4v) is 4.25. The summed E-state index contributed by atoms with van der Waals surface area (Å²) in [5.74, 6) is -2.58. The van der Waals surface area contributed by atoms with E-state index in [0.29, 0.717) is 18.5 Å². The number of ketones is 1. The first-order valence-electron chi connectivity index (χ1n) is 13.7. The lowest BCUT2D eigenvalue weighted by atomic mass is 10.1. The molecule has 0 fully saturated rings. The Morgan fingerprint density at radius 1 is 0.881 bits per heavy atom. The Morgan fingerprint density at radius 3 is 2.10 bits per heavy atom. The summed E-state index contributed by atoms with van der Waals surface area (Å²) in [5, 5.41) is 14.5. The molecule has 3 N–H and O–H groups in total. The molecule has 10 nitrogen and oxygen atoms in total. The van der Waals surface area contributed by atoms with Gasteiger partial charge in [-0.2, -0.15) is 0 Å². The number of hydrogen-bond donors (Lipinski definition) is 3. The van der Waals surface area contributed by atoms with Gasteiger partial charge in [-0.25, -0.2) is 0 Å². The van der Waals surface area contributed by atoms with Gasteiger partial charge in [0.05, 0.1) is 6.42 Å². The van der Waals surface area contributed by atoms with Crippen LogP contribution < -0.4 is 16.2 Å². The second-order valence-corrected chi connectivity index (χ2v) is 10.9. The van der Waals surface area contributed by atoms with Crippen molar-refractivity contribution in [2.75, 3.05) is 11.9 Å². The van der Waals surface area contributed by atoms with E-state index in [4.69, 9.17) is 4.74 Å². The number of carbonyl (C=O) groups is 4. The molecule has 2 amide bonds. The number of aliphatic hydroxyl groups excluding tert-OH is 1. The van der Waals surface area contributed by atoms with Crippen molar-refractivity contribution in [3.05, 3.63) is 100.0 Å². The maximum atomic E-state index is 13.5. The van der Waals surface area contributed by atoms with Gasteiger partial charge in [0.25, 0.3) is 5.56 Å². The first-order valence-corrected chi connectivity index (χ1v) is 13.7. The molecule has 3 aromatic rings. The number of amides is 2. The molecule has 1 atom stereocenters. The summed E-state index contributed by atoms with van der Waals surface area (Å²) in [6, 6.07) is 20.6. The zero-order valence-corrected chi connectivity index (χ0v) is 24.1. The van der Waals surface area contributed by atoms with E-state index in [0.717, 1.165) is 11.1 Å². The highest BCUT2D eigenvalue weighted by Crippen LogP contribution is 2.13. The standard InChI is InChI=1S/C32H37N3O7/c1-32(2,3)42-30(40)19-26(27(37)21-36)34-29(39)20-35-24(18-23-12-8-5-9-13-23)15-16-25(31(35)41)33-28(38)17-14-22-10-6-4-7-11-22/h4-13,15-16,26,36H,14,17-21H2,1-3H3,(H,33,38)(H,34,39)/t26-/m0/s1. The zero-order valence-electron chi connectivity index (χ0n) is 24.1. The number of rotatable bonds is 13. The van der Waals surface area contributed by atoms with Crippen LogP contribution in [0.3, 0.4) is 0 Å². The van der Waals surface area contributed by atoms with Crippen LogP contribution in [0.15, 0.2) is 77.6 Å². The molecule has 10 heteroatoms. The molecular weight excluding hydrogens is 538 g/mol. The summed E-state index contributed by atoms with van der Waals surface area (Å²) in [4.78, 5) is 64.0. The van der Waals surface area contributed by atoms with Gasteiger partial charge in [0.2, 0.25) is 11.8 Å². The molecule has 1 aromatic heterocycles. The average Bonchev–Trinajstić information content (AvgIpc) is 2.94. The number of nitrogens with one attached hydrogen (secondary N) is 2. The number of anilines is 1. The molecule has 0 unspecified atom stereocenters. The second kappa shape index (κ2) is 14.9. The Morgan fingerprint density at radius 2 is 1.50 bits per heavy atom. The van der Waals surface area contributed by atoms with Gasteiger partial charge in [-0.1, -0.05) is 60.7 Å². The zero-order chi connectivity index (χ0) is 30.7. The third-order valence-corrected chi connectivity index (χ3v) is 6.22. The minimum absolute atomic E-state index is 0.00872. The van der Waals surface area contributed by atoms with Crippen molar-refractivity contribution in [1.82, 2.24) is 9.88 Å². The Hall–Kier alpha value is -4.57. The lowest BCUT2D eigenvalue weighted by Gasteiger charge is -2.22. The van der Waals surface area contributed by atoms with Crippen molar-refractivity contribution in [2.24, 2.45) is 0 Å². The molecule has 3 rings (SSSR count). The van der Waals surface area contributed by atoms with E-state index in [9.17, 15) is 29.1 Å². The number of aromatic nitrogens is 1. The van der Waals surface area contributed by atoms with Gasteiger partial charge >= 0.3 is 5.97 Å². The van der Waals surface area contributed by atoms with E-state index in [2.05, 4.69) is 10.6 Å². The Balaban J connectivity index is 1.82. The predicted molar refractivity (Wildman–Crippen MR) is 158 cm³/mol. The van der Waals surface area contributed by atoms with Crippen LogP contribution in [0.4, 0.5) is 5.69 Å². The quantitative estimate of drug-likeness (QED) is 0.266. The summed E-state index contributed by atoms with van der Waals surface area (Å²) in [6.07, 6.45) is 0.493. The first kappa shape index (κ1) is 32.0. The lowest BCUT2D eigenvalue weighted by Crippen LogP contribution is -2.46. The number of hydrogen-bond acceptors (Lipinski definition) is 7. The molecule has 0 aliphatic carbocycles. The highest BCUT2D eigenvalue weighted by atomic mass is 16.6. The third kappa shape index (κ3) is 10.1. The molecule has 0 aliphatic rings. The summed E-state index contributed by atoms with van der Waals surface area (Å²) in [6.45, 7) is 3.62. The fourth-order valence-electron chi connectivity index (χ4n) is 4.25. The molecule has 0 saturated heterocycles. The van der Waals surface area contributed by atoms with Crippen LogP contribution in [-0.4, -0.2) is 51.5 Å². The molecule has 0 saturated carbocycles. The SMILES string of the molecule is CC(C)(C)OC(=O)C[C@H](NC(=O)Cn1c(Cc2ccccc2)ccc(NC(=O)CCc2ccccc2)c1=O)C(=O)CO. The van der Waals surface area contributed by atoms with Crippen molar-refractivity contribution in [3.63, 3.8) is 0 Å². The number of esters is 1. The Kier molecular flexibility index (Phi) is 11.3. The number of pyridine rings is 1. The monoisotopic (exact) mass is 575 g/mol. The van der Waals surface area contributed by atoms with E-state index >= 15 is 0 Å². The van der Waals surface area contributed by atoms with Gasteiger partial charge in [-0.15, -0.1) is 0 Å². The molecule has 2 aromatic carbocycles. The van der Waals surface area contributed by atoms with Crippen LogP contribution in [0.2, 0.25) is 0 Å². The molecular formula is C32H37N3O7. The lowest BCUT2D eigenvalue weighted by molar-refractivity contribution is -0.156. The Labute approximate surface area is 244 Å². The number of aryl methyl sites for hydroxylation is 1. The number of carbonyl (C=O) groups excluding carboxylic acids is 4. The molecule has 0 radical (unpaired) electrons. The van der Waals surface area contributed by atoms with Gasteiger partial charge in [-0.05, 0) is 50.5 Å². The largest absolute Gasteiger partial charge is 0.460 e. The van der Waals surface area contributed by atoms with Gasteiger partial charge in [0.1, 0.15) is 30.5 Å². The van der Waals surface area contributed by atoms with E-state index < -0.39 is 54.4 Å². The topological polar surface area (TPSA) is 144 Å². The predicted octanol–water partition coefficient (Wildman–Crippen LogP) is 2.79. The van der Waals surface area contributed by atoms with Crippen molar-refractivity contribution in [3.8, 4) is 0 Å². The van der Waals surface area contributed by atoms with E-state index in [1.54, 1.807) is 26.8 Å². The molecule has 0 aliphatic heterocycles. The van der Waals surface area contributed by atoms with Gasteiger partial charge in [-0.3, -0.25) is 24.0 Å².